The molecule has 5 rings (SSSR count). The van der Waals surface area contributed by atoms with Crippen molar-refractivity contribution in [2.45, 2.75) is 19.0 Å². The zero-order valence-electron chi connectivity index (χ0n) is 20.6. The van der Waals surface area contributed by atoms with Crippen LogP contribution in [0.3, 0.4) is 0 Å². The summed E-state index contributed by atoms with van der Waals surface area (Å²) in [6.07, 6.45) is 6.38. The van der Waals surface area contributed by atoms with Gasteiger partial charge in [-0.1, -0.05) is 18.2 Å². The van der Waals surface area contributed by atoms with Gasteiger partial charge in [0.15, 0.2) is 0 Å². The molecule has 1 saturated heterocycles. The maximum atomic E-state index is 12.1. The van der Waals surface area contributed by atoms with E-state index in [0.717, 1.165) is 38.2 Å². The number of nitro groups is 1. The van der Waals surface area contributed by atoms with Crippen molar-refractivity contribution in [3.05, 3.63) is 63.9 Å². The number of primary amides is 1. The van der Waals surface area contributed by atoms with Gasteiger partial charge in [-0.15, -0.1) is 0 Å². The number of pyridine rings is 1. The first-order valence-corrected chi connectivity index (χ1v) is 12.4. The minimum absolute atomic E-state index is 0.0423. The highest BCUT2D eigenvalue weighted by Crippen LogP contribution is 2.45. The number of amides is 1. The number of hydrogen-bond donors (Lipinski definition) is 3. The summed E-state index contributed by atoms with van der Waals surface area (Å²) in [7, 11) is 2.09. The fourth-order valence-corrected chi connectivity index (χ4v) is 5.65. The van der Waals surface area contributed by atoms with Crippen LogP contribution in [0, 0.1) is 39.2 Å². The molecule has 2 bridgehead atoms. The van der Waals surface area contributed by atoms with E-state index in [2.05, 4.69) is 44.6 Å². The highest BCUT2D eigenvalue weighted by molar-refractivity contribution is 5.80. The predicted molar refractivity (Wildman–Crippen MR) is 139 cm³/mol. The maximum absolute atomic E-state index is 12.1. The molecule has 0 radical (unpaired) electrons. The third kappa shape index (κ3) is 5.12. The second-order valence-electron chi connectivity index (χ2n) is 10.1. The van der Waals surface area contributed by atoms with Gasteiger partial charge in [0.05, 0.1) is 22.1 Å². The van der Waals surface area contributed by atoms with Gasteiger partial charge in [0.25, 0.3) is 5.69 Å². The summed E-state index contributed by atoms with van der Waals surface area (Å²) >= 11 is 0. The maximum Gasteiger partial charge on any atom is 0.293 e. The number of likely N-dealkylation sites (N-methyl/N-ethyl adjacent to an activating group) is 1. The number of nitro benzene ring substituents is 1. The number of fused-ring (bicyclic) bond motifs is 2. The molecule has 0 spiro atoms. The summed E-state index contributed by atoms with van der Waals surface area (Å²) in [5.74, 6) is -0.136. The fourth-order valence-electron chi connectivity index (χ4n) is 5.65. The highest BCUT2D eigenvalue weighted by atomic mass is 16.6. The van der Waals surface area contributed by atoms with Crippen LogP contribution in [0.15, 0.2) is 42.6 Å². The van der Waals surface area contributed by atoms with Gasteiger partial charge >= 0.3 is 0 Å². The van der Waals surface area contributed by atoms with Gasteiger partial charge in [-0.05, 0) is 36.9 Å². The van der Waals surface area contributed by atoms with Gasteiger partial charge in [-0.25, -0.2) is 4.98 Å². The lowest BCUT2D eigenvalue weighted by Gasteiger charge is -2.32. The monoisotopic (exact) mass is 502 g/mol. The van der Waals surface area contributed by atoms with Crippen molar-refractivity contribution in [3.8, 4) is 6.07 Å². The molecular weight excluding hydrogens is 472 g/mol. The van der Waals surface area contributed by atoms with Crippen LogP contribution < -0.4 is 16.4 Å². The molecule has 2 heterocycles. The van der Waals surface area contributed by atoms with Crippen LogP contribution in [-0.4, -0.2) is 64.9 Å². The Bertz CT molecular complexity index is 1280. The Balaban J connectivity index is 1.36. The summed E-state index contributed by atoms with van der Waals surface area (Å²) in [5.41, 5.74) is 7.65. The molecule has 11 nitrogen and oxygen atoms in total. The van der Waals surface area contributed by atoms with Crippen LogP contribution in [0.25, 0.3) is 0 Å². The molecule has 1 amide bonds. The van der Waals surface area contributed by atoms with E-state index in [9.17, 15) is 20.2 Å². The smallest absolute Gasteiger partial charge is 0.293 e. The third-order valence-corrected chi connectivity index (χ3v) is 7.66. The first-order valence-electron chi connectivity index (χ1n) is 12.4. The van der Waals surface area contributed by atoms with Crippen molar-refractivity contribution in [2.24, 2.45) is 23.5 Å². The lowest BCUT2D eigenvalue weighted by atomic mass is 9.88. The minimum Gasteiger partial charge on any atom is -0.380 e. The van der Waals surface area contributed by atoms with Gasteiger partial charge in [-0.3, -0.25) is 19.8 Å². The minimum atomic E-state index is -0.405. The molecule has 2 aromatic rings. The lowest BCUT2D eigenvalue weighted by molar-refractivity contribution is -0.384. The molecule has 11 heteroatoms. The number of benzene rings is 1. The number of anilines is 3. The first-order chi connectivity index (χ1) is 17.8. The third-order valence-electron chi connectivity index (χ3n) is 7.66. The SMILES string of the molecule is CN1CCN(Cc2ccc(Nc3cc(N[C@H]4[C@@H](C(N)=O)[C@@H]5C=C[C@H]4C5)c(C#N)cn3)c([N+](=O)[O-])c2)CC1. The van der Waals surface area contributed by atoms with E-state index in [1.165, 1.54) is 6.20 Å². The summed E-state index contributed by atoms with van der Waals surface area (Å²) in [6.45, 7) is 4.44. The van der Waals surface area contributed by atoms with E-state index in [1.54, 1.807) is 18.2 Å². The first kappa shape index (κ1) is 24.7. The number of nitrogens with one attached hydrogen (secondary N) is 2. The quantitative estimate of drug-likeness (QED) is 0.280. The van der Waals surface area contributed by atoms with Crippen molar-refractivity contribution < 1.29 is 9.72 Å². The normalized spacial score (nSPS) is 25.1. The molecule has 2 aliphatic carbocycles. The van der Waals surface area contributed by atoms with E-state index in [-0.39, 0.29) is 35.4 Å². The number of rotatable bonds is 8. The van der Waals surface area contributed by atoms with Crippen molar-refractivity contribution in [1.29, 1.82) is 5.26 Å². The van der Waals surface area contributed by atoms with E-state index in [4.69, 9.17) is 5.73 Å². The highest BCUT2D eigenvalue weighted by Gasteiger charge is 2.47. The number of piperazine rings is 1. The molecule has 4 N–H and O–H groups in total. The number of carbonyl (C=O) groups is 1. The number of nitrogens with two attached hydrogens (primary N) is 1. The molecule has 1 aromatic carbocycles. The van der Waals surface area contributed by atoms with Gasteiger partial charge in [-0.2, -0.15) is 5.26 Å². The Hall–Kier alpha value is -4.01. The number of allylic oxidation sites excluding steroid dienone is 1. The molecule has 192 valence electrons. The van der Waals surface area contributed by atoms with Crippen LogP contribution in [0.1, 0.15) is 17.5 Å². The standard InChI is InChI=1S/C26H30N8O3/c1-32-6-8-33(9-7-32)15-16-2-5-20(22(10-16)34(36)37)30-23-12-21(19(13-27)14-29-23)31-25-18-4-3-17(11-18)24(25)26(28)35/h2-5,10,12,14,17-18,24-25H,6-9,11,15H2,1H3,(H2,28,35)(H2,29,30,31)/t17-,18+,24+,25-/m1/s1. The van der Waals surface area contributed by atoms with Crippen molar-refractivity contribution in [3.63, 3.8) is 0 Å². The number of hydrogen-bond acceptors (Lipinski definition) is 9. The molecule has 37 heavy (non-hydrogen) atoms. The molecule has 3 aliphatic rings. The van der Waals surface area contributed by atoms with Crippen LogP contribution in [0.5, 0.6) is 0 Å². The lowest BCUT2D eigenvalue weighted by Crippen LogP contribution is -2.43. The van der Waals surface area contributed by atoms with E-state index < -0.39 is 4.92 Å². The van der Waals surface area contributed by atoms with Crippen molar-refractivity contribution in [1.82, 2.24) is 14.8 Å². The van der Waals surface area contributed by atoms with Crippen molar-refractivity contribution >= 4 is 28.8 Å². The summed E-state index contributed by atoms with van der Waals surface area (Å²) in [4.78, 5) is 32.4. The number of aromatic nitrogens is 1. The van der Waals surface area contributed by atoms with Crippen molar-refractivity contribution in [2.75, 3.05) is 43.9 Å². The van der Waals surface area contributed by atoms with Crippen LogP contribution in [0.2, 0.25) is 0 Å². The number of nitrogens with zero attached hydrogens (tertiary/aromatic N) is 5. The Labute approximate surface area is 215 Å². The van der Waals surface area contributed by atoms with Crippen LogP contribution in [-0.2, 0) is 11.3 Å². The fraction of sp³-hybridized carbons (Fsp3) is 0.423. The van der Waals surface area contributed by atoms with Gasteiger partial charge in [0.2, 0.25) is 5.91 Å². The molecular formula is C26H30N8O3. The second kappa shape index (κ2) is 10.2. The Morgan fingerprint density at radius 3 is 2.68 bits per heavy atom. The number of nitriles is 1. The summed E-state index contributed by atoms with van der Waals surface area (Å²) in [6, 6.07) is 8.73. The molecule has 1 saturated carbocycles. The van der Waals surface area contributed by atoms with Gasteiger partial charge < -0.3 is 21.3 Å². The van der Waals surface area contributed by atoms with E-state index in [1.807, 2.05) is 12.1 Å². The molecule has 4 atom stereocenters. The van der Waals surface area contributed by atoms with Crippen LogP contribution in [0.4, 0.5) is 22.9 Å². The van der Waals surface area contributed by atoms with Crippen LogP contribution >= 0.6 is 0 Å². The van der Waals surface area contributed by atoms with Gasteiger partial charge in [0.1, 0.15) is 17.6 Å². The second-order valence-corrected chi connectivity index (χ2v) is 10.1. The molecule has 1 aliphatic heterocycles. The molecule has 2 fully saturated rings. The summed E-state index contributed by atoms with van der Waals surface area (Å²) < 4.78 is 0. The predicted octanol–water partition coefficient (Wildman–Crippen LogP) is 2.44. The Kier molecular flexibility index (Phi) is 6.78. The topological polar surface area (TPSA) is 153 Å². The van der Waals surface area contributed by atoms with E-state index >= 15 is 0 Å². The molecule has 1 aromatic heterocycles. The average molecular weight is 503 g/mol. The Morgan fingerprint density at radius 2 is 1.97 bits per heavy atom. The molecule has 0 unspecified atom stereocenters. The average Bonchev–Trinajstić information content (AvgIpc) is 3.48. The van der Waals surface area contributed by atoms with E-state index in [0.29, 0.717) is 29.3 Å². The summed E-state index contributed by atoms with van der Waals surface area (Å²) in [5, 5.41) is 27.9. The zero-order valence-corrected chi connectivity index (χ0v) is 20.6. The number of carbonyl (C=O) groups excluding carboxylic acids is 1. The zero-order chi connectivity index (χ0) is 26.1. The Morgan fingerprint density at radius 1 is 1.22 bits per heavy atom. The largest absolute Gasteiger partial charge is 0.380 e. The van der Waals surface area contributed by atoms with Gasteiger partial charge in [0, 0.05) is 57.1 Å².